The summed E-state index contributed by atoms with van der Waals surface area (Å²) in [5.41, 5.74) is 0.541. The minimum atomic E-state index is -1.09. The Balaban J connectivity index is 2.67. The topological polar surface area (TPSA) is 81.5 Å². The summed E-state index contributed by atoms with van der Waals surface area (Å²) in [6.45, 7) is 0. The van der Waals surface area contributed by atoms with Gasteiger partial charge in [0.25, 0.3) is 0 Å². The average molecular weight is 212 g/mol. The van der Waals surface area contributed by atoms with Crippen LogP contribution in [-0.2, 0) is 15.9 Å². The summed E-state index contributed by atoms with van der Waals surface area (Å²) in [6.07, 6.45) is 2.64. The van der Waals surface area contributed by atoms with Gasteiger partial charge >= 0.3 is 5.97 Å². The van der Waals surface area contributed by atoms with Crippen molar-refractivity contribution in [1.82, 2.24) is 9.97 Å². The van der Waals surface area contributed by atoms with Crippen LogP contribution < -0.4 is 0 Å². The maximum Gasteiger partial charge on any atom is 0.356 e. The first-order valence-electron chi connectivity index (χ1n) is 4.27. The molecule has 1 N–H and O–H groups in total. The molecule has 0 aliphatic heterocycles. The highest BCUT2D eigenvalue weighted by Gasteiger charge is 2.09. The number of methoxy groups -OCH3 is 2. The molecule has 1 rings (SSSR count). The summed E-state index contributed by atoms with van der Waals surface area (Å²) in [6, 6.07) is 0. The summed E-state index contributed by atoms with van der Waals surface area (Å²) in [7, 11) is 3.04. The van der Waals surface area contributed by atoms with Crippen LogP contribution in [0.2, 0.25) is 0 Å². The van der Waals surface area contributed by atoms with E-state index in [2.05, 4.69) is 9.97 Å². The van der Waals surface area contributed by atoms with Crippen LogP contribution in [0.1, 0.15) is 16.2 Å². The lowest BCUT2D eigenvalue weighted by Crippen LogP contribution is -2.17. The molecule has 0 aromatic carbocycles. The highest BCUT2D eigenvalue weighted by atomic mass is 16.7. The molecule has 0 saturated heterocycles. The molecular formula is C9H12N2O4. The molecule has 0 fully saturated rings. The van der Waals surface area contributed by atoms with Crippen molar-refractivity contribution in [2.24, 2.45) is 0 Å². The van der Waals surface area contributed by atoms with Crippen molar-refractivity contribution in [2.75, 3.05) is 14.2 Å². The van der Waals surface area contributed by atoms with Gasteiger partial charge in [-0.05, 0) is 0 Å². The normalized spacial score (nSPS) is 10.6. The summed E-state index contributed by atoms with van der Waals surface area (Å²) in [4.78, 5) is 18.2. The standard InChI is InChI=1S/C9H12N2O4/c1-14-8(15-2)3-6-4-11-7(5-10-6)9(12)13/h4-5,8H,3H2,1-2H3,(H,12,13). The molecule has 0 bridgehead atoms. The van der Waals surface area contributed by atoms with E-state index in [1.54, 1.807) is 0 Å². The van der Waals surface area contributed by atoms with Crippen molar-refractivity contribution in [3.8, 4) is 0 Å². The van der Waals surface area contributed by atoms with Gasteiger partial charge in [-0.3, -0.25) is 4.98 Å². The third-order valence-corrected chi connectivity index (χ3v) is 1.83. The summed E-state index contributed by atoms with van der Waals surface area (Å²) in [5.74, 6) is -1.09. The zero-order chi connectivity index (χ0) is 11.3. The molecule has 0 aliphatic rings. The Kier molecular flexibility index (Phi) is 4.14. The van der Waals surface area contributed by atoms with Crippen LogP contribution in [0, 0.1) is 0 Å². The number of hydrogen-bond donors (Lipinski definition) is 1. The lowest BCUT2D eigenvalue weighted by molar-refractivity contribution is -0.101. The van der Waals surface area contributed by atoms with E-state index in [0.717, 1.165) is 0 Å². The number of carbonyl (C=O) groups is 1. The van der Waals surface area contributed by atoms with Crippen molar-refractivity contribution in [3.63, 3.8) is 0 Å². The highest BCUT2D eigenvalue weighted by Crippen LogP contribution is 2.02. The van der Waals surface area contributed by atoms with Gasteiger partial charge in [0.15, 0.2) is 12.0 Å². The molecule has 15 heavy (non-hydrogen) atoms. The van der Waals surface area contributed by atoms with Crippen molar-refractivity contribution in [3.05, 3.63) is 23.8 Å². The Morgan fingerprint density at radius 2 is 2.07 bits per heavy atom. The van der Waals surface area contributed by atoms with Gasteiger partial charge < -0.3 is 14.6 Å². The second-order valence-corrected chi connectivity index (χ2v) is 2.80. The van der Waals surface area contributed by atoms with E-state index < -0.39 is 12.3 Å². The molecular weight excluding hydrogens is 200 g/mol. The van der Waals surface area contributed by atoms with E-state index in [9.17, 15) is 4.79 Å². The summed E-state index contributed by atoms with van der Waals surface area (Å²) in [5, 5.41) is 8.60. The molecule has 0 spiro atoms. The molecule has 0 radical (unpaired) electrons. The second-order valence-electron chi connectivity index (χ2n) is 2.80. The van der Waals surface area contributed by atoms with Crippen molar-refractivity contribution >= 4 is 5.97 Å². The van der Waals surface area contributed by atoms with Crippen LogP contribution >= 0.6 is 0 Å². The molecule has 1 aromatic heterocycles. The Morgan fingerprint density at radius 1 is 1.40 bits per heavy atom. The summed E-state index contributed by atoms with van der Waals surface area (Å²) < 4.78 is 9.95. The van der Waals surface area contributed by atoms with Gasteiger partial charge in [0.05, 0.1) is 11.9 Å². The van der Waals surface area contributed by atoms with Crippen LogP contribution in [0.4, 0.5) is 0 Å². The SMILES string of the molecule is COC(Cc1cnc(C(=O)O)cn1)OC. The molecule has 0 unspecified atom stereocenters. The average Bonchev–Trinajstić information content (AvgIpc) is 2.26. The number of rotatable bonds is 5. The van der Waals surface area contributed by atoms with E-state index in [4.69, 9.17) is 14.6 Å². The quantitative estimate of drug-likeness (QED) is 0.708. The first-order valence-corrected chi connectivity index (χ1v) is 4.27. The van der Waals surface area contributed by atoms with Crippen molar-refractivity contribution < 1.29 is 19.4 Å². The molecule has 6 nitrogen and oxygen atoms in total. The lowest BCUT2D eigenvalue weighted by Gasteiger charge is -2.11. The van der Waals surface area contributed by atoms with Gasteiger partial charge in [-0.2, -0.15) is 0 Å². The minimum Gasteiger partial charge on any atom is -0.476 e. The molecule has 0 saturated carbocycles. The van der Waals surface area contributed by atoms with Crippen LogP contribution in [0.5, 0.6) is 0 Å². The van der Waals surface area contributed by atoms with Crippen molar-refractivity contribution in [1.29, 1.82) is 0 Å². The Morgan fingerprint density at radius 3 is 2.47 bits per heavy atom. The number of aromatic nitrogens is 2. The highest BCUT2D eigenvalue weighted by molar-refractivity contribution is 5.84. The molecule has 82 valence electrons. The number of ether oxygens (including phenoxy) is 2. The van der Waals surface area contributed by atoms with Crippen LogP contribution in [-0.4, -0.2) is 41.6 Å². The fourth-order valence-electron chi connectivity index (χ4n) is 1.00. The van der Waals surface area contributed by atoms with E-state index >= 15 is 0 Å². The van der Waals surface area contributed by atoms with Gasteiger partial charge in [-0.15, -0.1) is 0 Å². The third kappa shape index (κ3) is 3.26. The largest absolute Gasteiger partial charge is 0.476 e. The molecule has 1 aromatic rings. The van der Waals surface area contributed by atoms with E-state index in [1.165, 1.54) is 26.6 Å². The first-order chi connectivity index (χ1) is 7.17. The monoisotopic (exact) mass is 212 g/mol. The van der Waals surface area contributed by atoms with Crippen molar-refractivity contribution in [2.45, 2.75) is 12.7 Å². The fraction of sp³-hybridized carbons (Fsp3) is 0.444. The van der Waals surface area contributed by atoms with Crippen LogP contribution in [0.3, 0.4) is 0 Å². The van der Waals surface area contributed by atoms with Gasteiger partial charge in [-0.1, -0.05) is 0 Å². The fourth-order valence-corrected chi connectivity index (χ4v) is 1.00. The van der Waals surface area contributed by atoms with Crippen LogP contribution in [0.15, 0.2) is 12.4 Å². The minimum absolute atomic E-state index is 0.0786. The Bertz CT molecular complexity index is 321. The van der Waals surface area contributed by atoms with Gasteiger partial charge in [0.2, 0.25) is 0 Å². The molecule has 1 heterocycles. The van der Waals surface area contributed by atoms with E-state index in [-0.39, 0.29) is 5.69 Å². The maximum atomic E-state index is 10.5. The molecule has 6 heteroatoms. The zero-order valence-corrected chi connectivity index (χ0v) is 8.51. The lowest BCUT2D eigenvalue weighted by atomic mass is 10.3. The smallest absolute Gasteiger partial charge is 0.356 e. The number of hydrogen-bond acceptors (Lipinski definition) is 5. The zero-order valence-electron chi connectivity index (χ0n) is 8.51. The van der Waals surface area contributed by atoms with E-state index in [1.807, 2.05) is 0 Å². The number of carboxylic acid groups (broad SMARTS) is 1. The van der Waals surface area contributed by atoms with Gasteiger partial charge in [0, 0.05) is 26.8 Å². The first kappa shape index (κ1) is 11.5. The predicted molar refractivity (Wildman–Crippen MR) is 50.5 cm³/mol. The Labute approximate surface area is 86.9 Å². The van der Waals surface area contributed by atoms with Gasteiger partial charge in [0.1, 0.15) is 0 Å². The van der Waals surface area contributed by atoms with Gasteiger partial charge in [-0.25, -0.2) is 9.78 Å². The van der Waals surface area contributed by atoms with Crippen LogP contribution in [0.25, 0.3) is 0 Å². The second kappa shape index (κ2) is 5.38. The number of carboxylic acids is 1. The maximum absolute atomic E-state index is 10.5. The Hall–Kier alpha value is -1.53. The third-order valence-electron chi connectivity index (χ3n) is 1.83. The predicted octanol–water partition coefficient (Wildman–Crippen LogP) is 0.336. The van der Waals surface area contributed by atoms with E-state index in [0.29, 0.717) is 12.1 Å². The summed E-state index contributed by atoms with van der Waals surface area (Å²) >= 11 is 0. The number of nitrogens with zero attached hydrogens (tertiary/aromatic N) is 2. The molecule has 0 atom stereocenters. The molecule has 0 aliphatic carbocycles. The number of aromatic carboxylic acids is 1. The molecule has 0 amide bonds.